The van der Waals surface area contributed by atoms with Gasteiger partial charge in [-0.05, 0) is 38.5 Å². The number of aliphatic hydroxyl groups excluding tert-OH is 6. The van der Waals surface area contributed by atoms with Crippen LogP contribution in [0.2, 0.25) is 0 Å². The van der Waals surface area contributed by atoms with Crippen LogP contribution in [-0.4, -0.2) is 98.7 Å². The number of carbonyl (C=O) groups is 1. The maximum atomic E-state index is 13.1. The van der Waals surface area contributed by atoms with Gasteiger partial charge in [-0.2, -0.15) is 0 Å². The van der Waals surface area contributed by atoms with E-state index in [0.29, 0.717) is 12.8 Å². The predicted octanol–water partition coefficient (Wildman–Crippen LogP) is 9.64. The quantitative estimate of drug-likeness (QED) is 0.0234. The van der Waals surface area contributed by atoms with Crippen LogP contribution in [-0.2, 0) is 14.3 Å². The Morgan fingerprint density at radius 3 is 1.54 bits per heavy atom. The maximum absolute atomic E-state index is 13.1. The molecule has 0 aliphatic carbocycles. The molecule has 10 heteroatoms. The van der Waals surface area contributed by atoms with Crippen molar-refractivity contribution < 1.29 is 44.9 Å². The van der Waals surface area contributed by atoms with Crippen molar-refractivity contribution in [2.24, 2.45) is 0 Å². The topological polar surface area (TPSA) is 169 Å². The van der Waals surface area contributed by atoms with Crippen LogP contribution in [0, 0.1) is 0 Å². The predicted molar refractivity (Wildman–Crippen MR) is 241 cm³/mol. The van der Waals surface area contributed by atoms with E-state index in [-0.39, 0.29) is 6.61 Å². The van der Waals surface area contributed by atoms with Crippen molar-refractivity contribution in [2.45, 2.75) is 268 Å². The lowest BCUT2D eigenvalue weighted by Crippen LogP contribution is -2.60. The summed E-state index contributed by atoms with van der Waals surface area (Å²) in [6.45, 7) is 3.57. The molecule has 0 saturated carbocycles. The Morgan fingerprint density at radius 2 is 1.05 bits per heavy atom. The number of ether oxygens (including phenoxy) is 2. The number of rotatable bonds is 41. The molecule has 348 valence electrons. The standard InChI is InChI=1S/C49H93NO9/c1-3-5-7-9-11-13-15-17-19-20-21-22-23-24-26-28-30-32-34-36-38-43(53)48(57)50-41(40-58-49-47(56)46(55)45(54)44(39-51)59-49)42(52)37-35-33-31-29-27-25-18-16-14-12-10-8-6-4-2/h5,7,11,13,41-47,49,51-56H,3-4,6,8-10,12,14-40H2,1-2H3,(H,50,57)/b7-5-,13-11-. The van der Waals surface area contributed by atoms with Crippen LogP contribution in [0.5, 0.6) is 0 Å². The Hall–Kier alpha value is -1.37. The third-order valence-corrected chi connectivity index (χ3v) is 11.9. The largest absolute Gasteiger partial charge is 0.394 e. The fraction of sp³-hybridized carbons (Fsp3) is 0.898. The summed E-state index contributed by atoms with van der Waals surface area (Å²) in [6, 6.07) is -0.892. The van der Waals surface area contributed by atoms with Crippen LogP contribution in [0.3, 0.4) is 0 Å². The number of aliphatic hydroxyl groups is 6. The van der Waals surface area contributed by atoms with E-state index in [4.69, 9.17) is 9.47 Å². The van der Waals surface area contributed by atoms with Gasteiger partial charge in [0.1, 0.15) is 30.5 Å². The van der Waals surface area contributed by atoms with E-state index < -0.39 is 61.5 Å². The summed E-state index contributed by atoms with van der Waals surface area (Å²) < 4.78 is 11.2. The summed E-state index contributed by atoms with van der Waals surface area (Å²) in [5.74, 6) is -0.584. The first-order chi connectivity index (χ1) is 28.8. The Bertz CT molecular complexity index is 995. The number of hydrogen-bond donors (Lipinski definition) is 7. The number of nitrogens with one attached hydrogen (secondary N) is 1. The van der Waals surface area contributed by atoms with Gasteiger partial charge >= 0.3 is 0 Å². The molecule has 1 saturated heterocycles. The second kappa shape index (κ2) is 39.5. The van der Waals surface area contributed by atoms with Gasteiger partial charge in [-0.25, -0.2) is 0 Å². The van der Waals surface area contributed by atoms with Crippen LogP contribution < -0.4 is 5.32 Å². The second-order valence-corrected chi connectivity index (χ2v) is 17.4. The molecule has 8 unspecified atom stereocenters. The highest BCUT2D eigenvalue weighted by Crippen LogP contribution is 2.23. The van der Waals surface area contributed by atoms with E-state index in [0.717, 1.165) is 64.2 Å². The van der Waals surface area contributed by atoms with Gasteiger partial charge in [0.2, 0.25) is 5.91 Å². The van der Waals surface area contributed by atoms with Gasteiger partial charge in [0.15, 0.2) is 6.29 Å². The fourth-order valence-corrected chi connectivity index (χ4v) is 7.91. The molecule has 1 amide bonds. The molecule has 0 bridgehead atoms. The highest BCUT2D eigenvalue weighted by atomic mass is 16.7. The van der Waals surface area contributed by atoms with Gasteiger partial charge in [-0.15, -0.1) is 0 Å². The van der Waals surface area contributed by atoms with Gasteiger partial charge in [0.05, 0.1) is 25.4 Å². The van der Waals surface area contributed by atoms with Gasteiger partial charge < -0.3 is 45.4 Å². The van der Waals surface area contributed by atoms with Crippen molar-refractivity contribution in [3.63, 3.8) is 0 Å². The lowest BCUT2D eigenvalue weighted by Gasteiger charge is -2.40. The minimum Gasteiger partial charge on any atom is -0.394 e. The molecule has 1 heterocycles. The molecular formula is C49H93NO9. The number of carbonyl (C=O) groups excluding carboxylic acids is 1. The Balaban J connectivity index is 2.32. The molecule has 1 aliphatic rings. The first kappa shape index (κ1) is 55.6. The Kier molecular flexibility index (Phi) is 37.2. The molecule has 1 fully saturated rings. The van der Waals surface area contributed by atoms with Crippen LogP contribution in [0.25, 0.3) is 0 Å². The Morgan fingerprint density at radius 1 is 0.593 bits per heavy atom. The van der Waals surface area contributed by atoms with Crippen molar-refractivity contribution >= 4 is 5.91 Å². The molecule has 10 nitrogen and oxygen atoms in total. The average Bonchev–Trinajstić information content (AvgIpc) is 3.23. The lowest BCUT2D eigenvalue weighted by atomic mass is 9.99. The third kappa shape index (κ3) is 29.5. The summed E-state index contributed by atoms with van der Waals surface area (Å²) >= 11 is 0. The second-order valence-electron chi connectivity index (χ2n) is 17.4. The highest BCUT2D eigenvalue weighted by Gasteiger charge is 2.44. The molecule has 0 aromatic carbocycles. The van der Waals surface area contributed by atoms with Crippen molar-refractivity contribution in [1.29, 1.82) is 0 Å². The first-order valence-electron chi connectivity index (χ1n) is 24.6. The molecule has 0 spiro atoms. The first-order valence-corrected chi connectivity index (χ1v) is 24.6. The summed E-state index contributed by atoms with van der Waals surface area (Å²) in [6.07, 6.45) is 36.5. The zero-order chi connectivity index (χ0) is 43.2. The summed E-state index contributed by atoms with van der Waals surface area (Å²) in [5, 5.41) is 64.9. The van der Waals surface area contributed by atoms with E-state index in [1.54, 1.807) is 0 Å². The number of hydrogen-bond acceptors (Lipinski definition) is 9. The normalized spacial score (nSPS) is 21.4. The fourth-order valence-electron chi connectivity index (χ4n) is 7.91. The molecule has 7 N–H and O–H groups in total. The van der Waals surface area contributed by atoms with Crippen LogP contribution in [0.15, 0.2) is 24.3 Å². The van der Waals surface area contributed by atoms with E-state index >= 15 is 0 Å². The Labute approximate surface area is 361 Å². The summed E-state index contributed by atoms with van der Waals surface area (Å²) in [7, 11) is 0. The summed E-state index contributed by atoms with van der Waals surface area (Å²) in [5.41, 5.74) is 0. The monoisotopic (exact) mass is 840 g/mol. The van der Waals surface area contributed by atoms with Crippen LogP contribution in [0.1, 0.15) is 219 Å². The zero-order valence-electron chi connectivity index (χ0n) is 37.9. The zero-order valence-corrected chi connectivity index (χ0v) is 37.9. The van der Waals surface area contributed by atoms with E-state index in [1.807, 2.05) is 0 Å². The average molecular weight is 840 g/mol. The van der Waals surface area contributed by atoms with Crippen molar-refractivity contribution in [3.8, 4) is 0 Å². The smallest absolute Gasteiger partial charge is 0.249 e. The van der Waals surface area contributed by atoms with Crippen LogP contribution >= 0.6 is 0 Å². The van der Waals surface area contributed by atoms with Crippen molar-refractivity contribution in [2.75, 3.05) is 13.2 Å². The molecule has 0 aromatic heterocycles. The highest BCUT2D eigenvalue weighted by molar-refractivity contribution is 5.80. The number of unbranched alkanes of at least 4 members (excludes halogenated alkanes) is 26. The van der Waals surface area contributed by atoms with Crippen molar-refractivity contribution in [3.05, 3.63) is 24.3 Å². The van der Waals surface area contributed by atoms with Gasteiger partial charge in [-0.3, -0.25) is 4.79 Å². The van der Waals surface area contributed by atoms with Gasteiger partial charge in [-0.1, -0.05) is 205 Å². The van der Waals surface area contributed by atoms with Crippen LogP contribution in [0.4, 0.5) is 0 Å². The molecule has 1 aliphatic heterocycles. The molecule has 0 aromatic rings. The minimum atomic E-state index is -1.60. The SMILES string of the molecule is CC/C=C\C/C=C\CCCCCCCCCCCCCCCC(O)C(=O)NC(COC1OC(CO)C(O)C(O)C1O)C(O)CCCCCCCCCCCCCCCC. The number of amides is 1. The molecule has 0 radical (unpaired) electrons. The summed E-state index contributed by atoms with van der Waals surface area (Å²) in [4.78, 5) is 13.1. The van der Waals surface area contributed by atoms with E-state index in [2.05, 4.69) is 43.5 Å². The van der Waals surface area contributed by atoms with Gasteiger partial charge in [0, 0.05) is 0 Å². The van der Waals surface area contributed by atoms with E-state index in [1.165, 1.54) is 128 Å². The van der Waals surface area contributed by atoms with Crippen molar-refractivity contribution in [1.82, 2.24) is 5.32 Å². The van der Waals surface area contributed by atoms with Gasteiger partial charge in [0.25, 0.3) is 0 Å². The lowest BCUT2D eigenvalue weighted by molar-refractivity contribution is -0.302. The molecule has 59 heavy (non-hydrogen) atoms. The number of allylic oxidation sites excluding steroid dienone is 4. The third-order valence-electron chi connectivity index (χ3n) is 11.9. The van der Waals surface area contributed by atoms with E-state index in [9.17, 15) is 35.4 Å². The minimum absolute atomic E-state index is 0.254. The molecular weight excluding hydrogens is 747 g/mol. The maximum Gasteiger partial charge on any atom is 0.249 e. The molecule has 1 rings (SSSR count). The molecule has 8 atom stereocenters.